The summed E-state index contributed by atoms with van der Waals surface area (Å²) in [6.45, 7) is -0.287. The lowest BCUT2D eigenvalue weighted by Crippen LogP contribution is -2.24. The average Bonchev–Trinajstić information content (AvgIpc) is 2.85. The number of furan rings is 1. The van der Waals surface area contributed by atoms with Crippen LogP contribution in [0, 0.1) is 5.82 Å². The first-order valence-electron chi connectivity index (χ1n) is 5.56. The molecule has 0 amide bonds. The van der Waals surface area contributed by atoms with Crippen LogP contribution in [0.2, 0.25) is 0 Å². The minimum absolute atomic E-state index is 0.105. The molecule has 0 unspecified atom stereocenters. The maximum Gasteiger partial charge on any atom is 0.371 e. The molecular formula is C12H9BrFNO5S. The van der Waals surface area contributed by atoms with Crippen LogP contribution in [0.25, 0.3) is 0 Å². The van der Waals surface area contributed by atoms with E-state index >= 15 is 0 Å². The van der Waals surface area contributed by atoms with E-state index < -0.39 is 26.7 Å². The zero-order valence-electron chi connectivity index (χ0n) is 10.3. The molecule has 2 N–H and O–H groups in total. The van der Waals surface area contributed by atoms with Gasteiger partial charge in [-0.1, -0.05) is 15.9 Å². The van der Waals surface area contributed by atoms with Gasteiger partial charge in [0.2, 0.25) is 15.8 Å². The molecule has 0 aliphatic carbocycles. The van der Waals surface area contributed by atoms with Crippen molar-refractivity contribution in [3.8, 4) is 0 Å². The Kier molecular flexibility index (Phi) is 4.45. The molecule has 0 radical (unpaired) electrons. The van der Waals surface area contributed by atoms with E-state index in [1.165, 1.54) is 18.2 Å². The average molecular weight is 378 g/mol. The van der Waals surface area contributed by atoms with E-state index in [0.29, 0.717) is 4.47 Å². The Hall–Kier alpha value is -1.71. The predicted octanol–water partition coefficient (Wildman–Crippen LogP) is 2.36. The number of nitrogens with one attached hydrogen (secondary N) is 1. The highest BCUT2D eigenvalue weighted by atomic mass is 79.9. The Morgan fingerprint density at radius 3 is 2.62 bits per heavy atom. The molecule has 1 aromatic carbocycles. The first-order chi connectivity index (χ1) is 9.79. The molecule has 21 heavy (non-hydrogen) atoms. The van der Waals surface area contributed by atoms with Crippen LogP contribution in [0.3, 0.4) is 0 Å². The van der Waals surface area contributed by atoms with E-state index in [1.807, 2.05) is 0 Å². The van der Waals surface area contributed by atoms with Crippen LogP contribution in [0.5, 0.6) is 0 Å². The highest BCUT2D eigenvalue weighted by Crippen LogP contribution is 2.19. The van der Waals surface area contributed by atoms with Crippen LogP contribution in [-0.2, 0) is 16.6 Å². The van der Waals surface area contributed by atoms with Gasteiger partial charge in [-0.15, -0.1) is 0 Å². The maximum absolute atomic E-state index is 13.6. The van der Waals surface area contributed by atoms with Gasteiger partial charge in [0.25, 0.3) is 0 Å². The van der Waals surface area contributed by atoms with Gasteiger partial charge in [0.15, 0.2) is 0 Å². The summed E-state index contributed by atoms with van der Waals surface area (Å²) >= 11 is 3.03. The van der Waals surface area contributed by atoms with Crippen LogP contribution < -0.4 is 4.72 Å². The van der Waals surface area contributed by atoms with Crippen molar-refractivity contribution in [2.24, 2.45) is 0 Å². The molecule has 0 aliphatic rings. The van der Waals surface area contributed by atoms with Crippen molar-refractivity contribution in [2.75, 3.05) is 0 Å². The number of carbonyl (C=O) groups is 1. The maximum atomic E-state index is 13.6. The summed E-state index contributed by atoms with van der Waals surface area (Å²) in [6, 6.07) is 6.07. The number of carboxylic acids is 1. The minimum Gasteiger partial charge on any atom is -0.475 e. The predicted molar refractivity (Wildman–Crippen MR) is 73.8 cm³/mol. The summed E-state index contributed by atoms with van der Waals surface area (Å²) in [6.07, 6.45) is 0. The molecule has 2 aromatic rings. The molecule has 0 bridgehead atoms. The first-order valence-corrected chi connectivity index (χ1v) is 7.84. The van der Waals surface area contributed by atoms with E-state index in [-0.39, 0.29) is 18.1 Å². The van der Waals surface area contributed by atoms with E-state index in [9.17, 15) is 17.6 Å². The highest BCUT2D eigenvalue weighted by Gasteiger charge is 2.20. The summed E-state index contributed by atoms with van der Waals surface area (Å²) in [4.78, 5) is 10.1. The molecule has 6 nitrogen and oxygen atoms in total. The quantitative estimate of drug-likeness (QED) is 0.833. The third kappa shape index (κ3) is 3.69. The third-order valence-corrected chi connectivity index (χ3v) is 4.42. The van der Waals surface area contributed by atoms with Crippen LogP contribution in [0.1, 0.15) is 16.3 Å². The second-order valence-electron chi connectivity index (χ2n) is 3.97. The smallest absolute Gasteiger partial charge is 0.371 e. The number of halogens is 2. The topological polar surface area (TPSA) is 96.6 Å². The fourth-order valence-corrected chi connectivity index (χ4v) is 2.91. The summed E-state index contributed by atoms with van der Waals surface area (Å²) in [7, 11) is -4.07. The van der Waals surface area contributed by atoms with Crippen molar-refractivity contribution < 1.29 is 27.1 Å². The van der Waals surface area contributed by atoms with Crippen molar-refractivity contribution in [3.63, 3.8) is 0 Å². The standard InChI is InChI=1S/C12H9BrFNO5S/c13-7-1-4-11(9(14)5-7)21(18,19)15-6-8-2-3-10(20-8)12(16)17/h1-5,15H,6H2,(H,16,17). The molecule has 0 atom stereocenters. The molecule has 2 rings (SSSR count). The number of carboxylic acid groups (broad SMARTS) is 1. The highest BCUT2D eigenvalue weighted by molar-refractivity contribution is 9.10. The van der Waals surface area contributed by atoms with Gasteiger partial charge in [-0.2, -0.15) is 0 Å². The number of rotatable bonds is 5. The summed E-state index contributed by atoms with van der Waals surface area (Å²) < 4.78 is 45.0. The van der Waals surface area contributed by atoms with Crippen molar-refractivity contribution in [2.45, 2.75) is 11.4 Å². The number of hydrogen-bond acceptors (Lipinski definition) is 4. The molecule has 1 aromatic heterocycles. The normalized spacial score (nSPS) is 11.5. The number of aromatic carboxylic acids is 1. The third-order valence-electron chi connectivity index (χ3n) is 2.49. The Bertz CT molecular complexity index is 787. The molecule has 1 heterocycles. The van der Waals surface area contributed by atoms with Crippen molar-refractivity contribution >= 4 is 31.9 Å². The Labute approximate surface area is 127 Å². The van der Waals surface area contributed by atoms with Gasteiger partial charge in [-0.25, -0.2) is 22.3 Å². The van der Waals surface area contributed by atoms with Gasteiger partial charge in [0, 0.05) is 4.47 Å². The molecular weight excluding hydrogens is 369 g/mol. The summed E-state index contributed by atoms with van der Waals surface area (Å²) in [5.74, 6) is -2.36. The molecule has 0 spiro atoms. The SMILES string of the molecule is O=C(O)c1ccc(CNS(=O)(=O)c2ccc(Br)cc2F)o1. The molecule has 0 saturated heterocycles. The van der Waals surface area contributed by atoms with E-state index in [2.05, 4.69) is 20.7 Å². The van der Waals surface area contributed by atoms with Crippen LogP contribution in [0.4, 0.5) is 4.39 Å². The van der Waals surface area contributed by atoms with Crippen LogP contribution >= 0.6 is 15.9 Å². The molecule has 112 valence electrons. The van der Waals surface area contributed by atoms with Gasteiger partial charge < -0.3 is 9.52 Å². The fourth-order valence-electron chi connectivity index (χ4n) is 1.52. The van der Waals surface area contributed by atoms with E-state index in [1.54, 1.807) is 0 Å². The molecule has 0 aliphatic heterocycles. The van der Waals surface area contributed by atoms with Crippen molar-refractivity contribution in [1.29, 1.82) is 0 Å². The Morgan fingerprint density at radius 1 is 1.33 bits per heavy atom. The second-order valence-corrected chi connectivity index (χ2v) is 6.62. The fraction of sp³-hybridized carbons (Fsp3) is 0.0833. The second kappa shape index (κ2) is 5.96. The van der Waals surface area contributed by atoms with E-state index in [4.69, 9.17) is 9.52 Å². The van der Waals surface area contributed by atoms with Gasteiger partial charge in [0.1, 0.15) is 16.5 Å². The monoisotopic (exact) mass is 377 g/mol. The minimum atomic E-state index is -4.07. The zero-order valence-corrected chi connectivity index (χ0v) is 12.7. The molecule has 0 saturated carbocycles. The lowest BCUT2D eigenvalue weighted by Gasteiger charge is -2.06. The molecule has 0 fully saturated rings. The Morgan fingerprint density at radius 2 is 2.05 bits per heavy atom. The van der Waals surface area contributed by atoms with Gasteiger partial charge >= 0.3 is 5.97 Å². The largest absolute Gasteiger partial charge is 0.475 e. The number of sulfonamides is 1. The zero-order chi connectivity index (χ0) is 15.6. The number of hydrogen-bond donors (Lipinski definition) is 2. The van der Waals surface area contributed by atoms with Gasteiger partial charge in [-0.3, -0.25) is 0 Å². The summed E-state index contributed by atoms with van der Waals surface area (Å²) in [5, 5.41) is 8.68. The van der Waals surface area contributed by atoms with Crippen LogP contribution in [-0.4, -0.2) is 19.5 Å². The lowest BCUT2D eigenvalue weighted by atomic mass is 10.3. The summed E-state index contributed by atoms with van der Waals surface area (Å²) in [5.41, 5.74) is 0. The van der Waals surface area contributed by atoms with Gasteiger partial charge in [-0.05, 0) is 30.3 Å². The van der Waals surface area contributed by atoms with Crippen molar-refractivity contribution in [3.05, 3.63) is 52.1 Å². The number of benzene rings is 1. The van der Waals surface area contributed by atoms with Crippen LogP contribution in [0.15, 0.2) is 44.1 Å². The van der Waals surface area contributed by atoms with E-state index in [0.717, 1.165) is 12.1 Å². The Balaban J connectivity index is 2.15. The lowest BCUT2D eigenvalue weighted by molar-refractivity contribution is 0.0660. The van der Waals surface area contributed by atoms with Crippen molar-refractivity contribution in [1.82, 2.24) is 4.72 Å². The first kappa shape index (κ1) is 15.7. The van der Waals surface area contributed by atoms with Gasteiger partial charge in [0.05, 0.1) is 6.54 Å². The molecule has 9 heteroatoms.